The number of hydrogen-bond donors (Lipinski definition) is 2. The average molecular weight is 366 g/mol. The lowest BCUT2D eigenvalue weighted by Crippen LogP contribution is -2.01. The average Bonchev–Trinajstić information content (AvgIpc) is 3.35. The molecule has 4 aromatic heterocycles. The second kappa shape index (κ2) is 5.73. The van der Waals surface area contributed by atoms with Crippen molar-refractivity contribution in [2.24, 2.45) is 0 Å². The van der Waals surface area contributed by atoms with Crippen LogP contribution >= 0.6 is 22.7 Å². The third kappa shape index (κ3) is 2.29. The zero-order valence-electron chi connectivity index (χ0n) is 12.6. The minimum atomic E-state index is -0.169. The largest absolute Gasteiger partial charge is 0.464 e. The van der Waals surface area contributed by atoms with E-state index in [-0.39, 0.29) is 22.9 Å². The molecule has 4 heterocycles. The highest BCUT2D eigenvalue weighted by Gasteiger charge is 2.26. The van der Waals surface area contributed by atoms with Crippen LogP contribution in [0.25, 0.3) is 21.5 Å². The van der Waals surface area contributed by atoms with Gasteiger partial charge in [0.1, 0.15) is 32.9 Å². The molecule has 0 fully saturated rings. The second-order valence-corrected chi connectivity index (χ2v) is 7.11. The number of carbonyl (C=O) groups excluding carboxylic acids is 1. The summed E-state index contributed by atoms with van der Waals surface area (Å²) < 4.78 is 5.45. The highest BCUT2D eigenvalue weighted by atomic mass is 32.1. The molecule has 0 spiro atoms. The molecule has 0 aliphatic rings. The molecule has 6 nitrogen and oxygen atoms in total. The Kier molecular flexibility index (Phi) is 3.53. The Bertz CT molecular complexity index is 1140. The van der Waals surface area contributed by atoms with Crippen LogP contribution in [0.4, 0.5) is 11.5 Å². The summed E-state index contributed by atoms with van der Waals surface area (Å²) in [5.41, 5.74) is 13.2. The molecule has 0 bridgehead atoms. The lowest BCUT2D eigenvalue weighted by molar-refractivity contribution is 0.104. The van der Waals surface area contributed by atoms with Crippen LogP contribution in [0.15, 0.2) is 40.3 Å². The molecule has 0 unspecified atom stereocenters. The first-order valence-electron chi connectivity index (χ1n) is 7.15. The number of hydrogen-bond acceptors (Lipinski definition) is 8. The smallest absolute Gasteiger partial charge is 0.215 e. The van der Waals surface area contributed by atoms with Crippen LogP contribution < -0.4 is 11.5 Å². The topological polar surface area (TPSA) is 119 Å². The SMILES string of the molecule is N#Cc1c(N)nc2sc(C(=O)c3cccs3)c(N)c2c1-c1ccco1. The van der Waals surface area contributed by atoms with Gasteiger partial charge in [-0.15, -0.1) is 22.7 Å². The zero-order valence-corrected chi connectivity index (χ0v) is 14.3. The van der Waals surface area contributed by atoms with Crippen LogP contribution in [0.5, 0.6) is 0 Å². The van der Waals surface area contributed by atoms with Crippen molar-refractivity contribution in [3.63, 3.8) is 0 Å². The van der Waals surface area contributed by atoms with E-state index in [4.69, 9.17) is 15.9 Å². The first-order chi connectivity index (χ1) is 12.1. The molecule has 4 aromatic rings. The van der Waals surface area contributed by atoms with Crippen molar-refractivity contribution < 1.29 is 9.21 Å². The van der Waals surface area contributed by atoms with Crippen molar-refractivity contribution in [1.82, 2.24) is 4.98 Å². The van der Waals surface area contributed by atoms with Gasteiger partial charge in [0, 0.05) is 5.39 Å². The van der Waals surface area contributed by atoms with E-state index in [1.807, 2.05) is 5.38 Å². The molecule has 0 aromatic carbocycles. The maximum atomic E-state index is 12.7. The van der Waals surface area contributed by atoms with Crippen molar-refractivity contribution in [3.05, 3.63) is 51.2 Å². The monoisotopic (exact) mass is 366 g/mol. The Morgan fingerprint density at radius 3 is 2.76 bits per heavy atom. The van der Waals surface area contributed by atoms with Crippen molar-refractivity contribution >= 4 is 50.2 Å². The fourth-order valence-corrected chi connectivity index (χ4v) is 4.44. The number of nitrogens with zero attached hydrogens (tertiary/aromatic N) is 2. The van der Waals surface area contributed by atoms with Gasteiger partial charge < -0.3 is 15.9 Å². The maximum absolute atomic E-state index is 12.7. The Balaban J connectivity index is 2.06. The number of thiophene rings is 2. The molecular weight excluding hydrogens is 356 g/mol. The van der Waals surface area contributed by atoms with E-state index in [0.717, 1.165) is 11.3 Å². The third-order valence-electron chi connectivity index (χ3n) is 3.74. The lowest BCUT2D eigenvalue weighted by Gasteiger charge is -2.06. The Labute approximate surface area is 149 Å². The van der Waals surface area contributed by atoms with Crippen LogP contribution in [0, 0.1) is 11.3 Å². The number of carbonyl (C=O) groups is 1. The molecule has 0 radical (unpaired) electrons. The minimum absolute atomic E-state index is 0.0813. The van der Waals surface area contributed by atoms with Gasteiger partial charge >= 0.3 is 0 Å². The highest BCUT2D eigenvalue weighted by Crippen LogP contribution is 2.43. The van der Waals surface area contributed by atoms with Crippen LogP contribution in [0.3, 0.4) is 0 Å². The van der Waals surface area contributed by atoms with Gasteiger partial charge in [-0.1, -0.05) is 6.07 Å². The molecule has 0 saturated heterocycles. The number of anilines is 2. The van der Waals surface area contributed by atoms with Crippen molar-refractivity contribution in [2.75, 3.05) is 11.5 Å². The van der Waals surface area contributed by atoms with Crippen LogP contribution in [0.1, 0.15) is 20.1 Å². The summed E-state index contributed by atoms with van der Waals surface area (Å²) in [4.78, 5) is 18.5. The van der Waals surface area contributed by atoms with E-state index in [2.05, 4.69) is 11.1 Å². The predicted octanol–water partition coefficient (Wildman–Crippen LogP) is 3.88. The van der Waals surface area contributed by atoms with Gasteiger partial charge in [-0.25, -0.2) is 4.98 Å². The quantitative estimate of drug-likeness (QED) is 0.531. The van der Waals surface area contributed by atoms with Crippen molar-refractivity contribution in [1.29, 1.82) is 5.26 Å². The van der Waals surface area contributed by atoms with Crippen molar-refractivity contribution in [3.8, 4) is 17.4 Å². The molecular formula is C17H10N4O2S2. The van der Waals surface area contributed by atoms with E-state index in [0.29, 0.717) is 31.3 Å². The Morgan fingerprint density at radius 1 is 1.28 bits per heavy atom. The van der Waals surface area contributed by atoms with Gasteiger partial charge in [0.05, 0.1) is 22.4 Å². The molecule has 122 valence electrons. The first-order valence-corrected chi connectivity index (χ1v) is 8.85. The number of nitrogens with two attached hydrogens (primary N) is 2. The normalized spacial score (nSPS) is 10.8. The lowest BCUT2D eigenvalue weighted by atomic mass is 10.0. The first kappa shape index (κ1) is 15.4. The molecule has 4 N–H and O–H groups in total. The van der Waals surface area contributed by atoms with Gasteiger partial charge in [-0.05, 0) is 23.6 Å². The molecule has 0 amide bonds. The number of ketones is 1. The number of nitrogen functional groups attached to an aromatic ring is 2. The molecule has 0 aliphatic heterocycles. The zero-order chi connectivity index (χ0) is 17.6. The number of nitriles is 1. The van der Waals surface area contributed by atoms with Gasteiger partial charge in [-0.3, -0.25) is 4.79 Å². The number of rotatable bonds is 3. The molecule has 8 heteroatoms. The van der Waals surface area contributed by atoms with E-state index < -0.39 is 0 Å². The highest BCUT2D eigenvalue weighted by molar-refractivity contribution is 7.22. The molecule has 4 rings (SSSR count). The van der Waals surface area contributed by atoms with Gasteiger partial charge in [0.25, 0.3) is 0 Å². The summed E-state index contributed by atoms with van der Waals surface area (Å²) in [6.45, 7) is 0. The van der Waals surface area contributed by atoms with E-state index in [9.17, 15) is 10.1 Å². The van der Waals surface area contributed by atoms with Gasteiger partial charge in [0.2, 0.25) is 5.78 Å². The second-order valence-electron chi connectivity index (χ2n) is 5.17. The summed E-state index contributed by atoms with van der Waals surface area (Å²) in [5.74, 6) is 0.367. The van der Waals surface area contributed by atoms with Crippen molar-refractivity contribution in [2.45, 2.75) is 0 Å². The van der Waals surface area contributed by atoms with Crippen LogP contribution in [-0.2, 0) is 0 Å². The molecule has 0 atom stereocenters. The Morgan fingerprint density at radius 2 is 2.12 bits per heavy atom. The maximum Gasteiger partial charge on any atom is 0.215 e. The molecule has 0 saturated carbocycles. The predicted molar refractivity (Wildman–Crippen MR) is 98.6 cm³/mol. The summed E-state index contributed by atoms with van der Waals surface area (Å²) in [6.07, 6.45) is 1.50. The summed E-state index contributed by atoms with van der Waals surface area (Å²) >= 11 is 2.51. The standard InChI is InChI=1S/C17H10N4O2S2/c18-7-8-11(9-3-1-5-23-9)12-13(19)15(25-17(12)21-16(8)20)14(22)10-4-2-6-24-10/h1-6H,19H2,(H2,20,21). The molecule has 25 heavy (non-hydrogen) atoms. The number of furan rings is 1. The Hall–Kier alpha value is -3.15. The van der Waals surface area contributed by atoms with E-state index >= 15 is 0 Å². The summed E-state index contributed by atoms with van der Waals surface area (Å²) in [6, 6.07) is 9.03. The number of pyridine rings is 1. The van der Waals surface area contributed by atoms with E-state index in [1.54, 1.807) is 24.3 Å². The number of fused-ring (bicyclic) bond motifs is 1. The number of aromatic nitrogens is 1. The summed E-state index contributed by atoms with van der Waals surface area (Å²) in [5, 5.41) is 11.8. The van der Waals surface area contributed by atoms with Gasteiger partial charge in [0.15, 0.2) is 0 Å². The van der Waals surface area contributed by atoms with E-state index in [1.165, 1.54) is 17.6 Å². The minimum Gasteiger partial charge on any atom is -0.464 e. The summed E-state index contributed by atoms with van der Waals surface area (Å²) in [7, 11) is 0. The fourth-order valence-electron chi connectivity index (χ4n) is 2.64. The van der Waals surface area contributed by atoms with Crippen LogP contribution in [0.2, 0.25) is 0 Å². The van der Waals surface area contributed by atoms with Crippen LogP contribution in [-0.4, -0.2) is 10.8 Å². The van der Waals surface area contributed by atoms with Gasteiger partial charge in [-0.2, -0.15) is 5.26 Å². The molecule has 0 aliphatic carbocycles. The fraction of sp³-hybridized carbons (Fsp3) is 0. The third-order valence-corrected chi connectivity index (χ3v) is 5.70.